The van der Waals surface area contributed by atoms with E-state index in [1.54, 1.807) is 0 Å². The van der Waals surface area contributed by atoms with Crippen LogP contribution >= 0.6 is 0 Å². The Hall–Kier alpha value is -9.89. The number of carbonyl (C=O) groups is 6. The standard InChI is InChI=1S/2C6H8O7.9CH5N3.BH3O3/c2*7-3(8)1-6(13,5(11)12)2-4(9)10;10*2-1(3)4/h2*13H,1-2H2,(H,7,8)(H,9,10)(H,11,12);9*(H5,2,3,4);2-4H. The zero-order chi connectivity index (χ0) is 57.1. The Morgan fingerprint density at radius 2 is 0.364 bits per heavy atom. The molecular weight excluding hydrogens is 913 g/mol. The smallest absolute Gasteiger partial charge is 0.481 e. The molecule has 0 spiro atoms. The van der Waals surface area contributed by atoms with E-state index in [-0.39, 0.29) is 53.6 Å². The number of rotatable bonds is 10. The van der Waals surface area contributed by atoms with E-state index in [4.69, 9.17) is 105 Å². The van der Waals surface area contributed by atoms with Gasteiger partial charge in [-0.05, 0) is 0 Å². The van der Waals surface area contributed by atoms with E-state index >= 15 is 0 Å². The summed E-state index contributed by atoms with van der Waals surface area (Å²) in [7, 11) is -2.17. The number of hydrogen-bond donors (Lipinski definition) is 38. The Kier molecular flexibility index (Phi) is 73.1. The maximum atomic E-state index is 10.3. The minimum Gasteiger partial charge on any atom is -0.481 e. The van der Waals surface area contributed by atoms with Gasteiger partial charge in [0.2, 0.25) is 0 Å². The number of aliphatic carboxylic acids is 6. The average Bonchev–Trinajstić information content (AvgIpc) is 2.92. The number of carboxylic acid groups (broad SMARTS) is 6. The van der Waals surface area contributed by atoms with Gasteiger partial charge < -0.3 is 159 Å². The Balaban J connectivity index is -0.0000000506. The number of guanidine groups is 9. The third-order valence-electron chi connectivity index (χ3n) is 2.57. The second-order valence-corrected chi connectivity index (χ2v) is 9.40. The van der Waals surface area contributed by atoms with Crippen molar-refractivity contribution < 1.29 is 84.7 Å². The molecule has 0 radical (unpaired) electrons. The predicted octanol–water partition coefficient (Wildman–Crippen LogP) is -15.0. The lowest BCUT2D eigenvalue weighted by molar-refractivity contribution is -0.170. The van der Waals surface area contributed by atoms with Crippen molar-refractivity contribution in [2.24, 2.45) is 103 Å². The number of hydrogen-bond acceptors (Lipinski definition) is 20. The molecule has 45 heteroatoms. The van der Waals surface area contributed by atoms with Crippen LogP contribution in [-0.4, -0.2) is 164 Å². The fourth-order valence-electron chi connectivity index (χ4n) is 1.43. The normalized spacial score (nSPS) is 7.95. The van der Waals surface area contributed by atoms with Gasteiger partial charge in [0.15, 0.2) is 64.8 Å². The van der Waals surface area contributed by atoms with Crippen LogP contribution in [0.5, 0.6) is 0 Å². The molecule has 0 rings (SSSR count). The van der Waals surface area contributed by atoms with Crippen LogP contribution in [0, 0.1) is 48.7 Å². The van der Waals surface area contributed by atoms with Gasteiger partial charge in [-0.25, -0.2) is 9.59 Å². The summed E-state index contributed by atoms with van der Waals surface area (Å²) >= 11 is 0. The van der Waals surface area contributed by atoms with Crippen LogP contribution in [0.15, 0.2) is 0 Å². The van der Waals surface area contributed by atoms with Gasteiger partial charge in [-0.3, -0.25) is 67.9 Å². The number of aliphatic hydroxyl groups is 2. The monoisotopic (exact) mass is 978 g/mol. The van der Waals surface area contributed by atoms with Crippen molar-refractivity contribution in [3.05, 3.63) is 0 Å². The Bertz CT molecular complexity index is 1220. The molecular formula is C21H64BN27O17. The highest BCUT2D eigenvalue weighted by molar-refractivity contribution is 6.30. The molecule has 44 nitrogen and oxygen atoms in total. The van der Waals surface area contributed by atoms with Crippen LogP contribution < -0.4 is 103 Å². The Morgan fingerprint density at radius 3 is 0.394 bits per heavy atom. The summed E-state index contributed by atoms with van der Waals surface area (Å²) in [5.41, 5.74) is 75.0. The Labute approximate surface area is 370 Å². The minimum absolute atomic E-state index is 0.333. The van der Waals surface area contributed by atoms with E-state index in [1.807, 2.05) is 0 Å². The SMILES string of the molecule is N=C(N)N.N=C(N)N.N=C(N)N.N=C(N)N.N=C(N)N.N=C(N)N.N=C(N)N.N=C(N)N.N=C(N)N.O=C(O)CC(O)(CC(=O)O)C(=O)O.O=C(O)CC(O)(CC(=O)O)C(=O)O.OB(O)O. The van der Waals surface area contributed by atoms with Crippen LogP contribution in [-0.2, 0) is 28.8 Å². The maximum absolute atomic E-state index is 10.3. The molecule has 0 amide bonds. The first-order valence-corrected chi connectivity index (χ1v) is 14.6. The van der Waals surface area contributed by atoms with Crippen molar-refractivity contribution in [1.29, 1.82) is 48.7 Å². The Morgan fingerprint density at radius 1 is 0.303 bits per heavy atom. The molecule has 388 valence electrons. The first kappa shape index (κ1) is 87.6. The van der Waals surface area contributed by atoms with Gasteiger partial charge in [-0.2, -0.15) is 0 Å². The summed E-state index contributed by atoms with van der Waals surface area (Å²) in [6.07, 6.45) is -4.58. The van der Waals surface area contributed by atoms with Crippen molar-refractivity contribution in [3.8, 4) is 0 Å². The number of nitrogens with two attached hydrogens (primary N) is 18. The molecule has 0 bridgehead atoms. The van der Waals surface area contributed by atoms with Gasteiger partial charge in [-0.15, -0.1) is 0 Å². The molecule has 0 aliphatic carbocycles. The van der Waals surface area contributed by atoms with E-state index < -0.39 is 80.0 Å². The molecule has 0 saturated carbocycles. The molecule has 0 aliphatic rings. The predicted molar refractivity (Wildman–Crippen MR) is 232 cm³/mol. The van der Waals surface area contributed by atoms with Gasteiger partial charge in [-0.1, -0.05) is 0 Å². The number of carboxylic acids is 6. The van der Waals surface area contributed by atoms with Gasteiger partial charge in [0.1, 0.15) is 0 Å². The van der Waals surface area contributed by atoms with Crippen molar-refractivity contribution in [2.75, 3.05) is 0 Å². The lowest BCUT2D eigenvalue weighted by atomic mass is 9.96. The molecule has 0 aromatic heterocycles. The summed E-state index contributed by atoms with van der Waals surface area (Å²) in [5.74, 6) is -13.0. The van der Waals surface area contributed by atoms with Crippen molar-refractivity contribution in [3.63, 3.8) is 0 Å². The fraction of sp³-hybridized carbons (Fsp3) is 0.286. The lowest BCUT2D eigenvalue weighted by Crippen LogP contribution is -2.42. The molecule has 0 unspecified atom stereocenters. The summed E-state index contributed by atoms with van der Waals surface area (Å²) in [6, 6.07) is 0. The average molecular weight is 978 g/mol. The highest BCUT2D eigenvalue weighted by Crippen LogP contribution is 2.16. The van der Waals surface area contributed by atoms with E-state index in [0.717, 1.165) is 0 Å². The quantitative estimate of drug-likeness (QED) is 0.0549. The van der Waals surface area contributed by atoms with Crippen LogP contribution in [0.4, 0.5) is 0 Å². The molecule has 56 N–H and O–H groups in total. The van der Waals surface area contributed by atoms with Crippen LogP contribution in [0.1, 0.15) is 25.7 Å². The van der Waals surface area contributed by atoms with Crippen molar-refractivity contribution >= 4 is 96.8 Å². The molecule has 0 heterocycles. The molecule has 0 atom stereocenters. The van der Waals surface area contributed by atoms with Gasteiger partial charge in [0.05, 0.1) is 25.7 Å². The highest BCUT2D eigenvalue weighted by atomic mass is 16.5. The van der Waals surface area contributed by atoms with Crippen LogP contribution in [0.3, 0.4) is 0 Å². The first-order valence-electron chi connectivity index (χ1n) is 14.6. The second kappa shape index (κ2) is 55.1. The number of nitrogens with one attached hydrogen (secondary N) is 9. The molecule has 0 fully saturated rings. The largest absolute Gasteiger partial charge is 0.631 e. The molecule has 0 aromatic carbocycles. The lowest BCUT2D eigenvalue weighted by Gasteiger charge is -2.18. The van der Waals surface area contributed by atoms with Crippen LogP contribution in [0.2, 0.25) is 0 Å². The summed E-state index contributed by atoms with van der Waals surface area (Å²) in [5, 5.41) is 144. The zero-order valence-corrected chi connectivity index (χ0v) is 34.2. The zero-order valence-electron chi connectivity index (χ0n) is 34.2. The van der Waals surface area contributed by atoms with Gasteiger partial charge in [0, 0.05) is 0 Å². The van der Waals surface area contributed by atoms with E-state index in [0.29, 0.717) is 0 Å². The topological polar surface area (TPSA) is 1010 Å². The molecule has 66 heavy (non-hydrogen) atoms. The maximum Gasteiger partial charge on any atom is 0.631 e. The van der Waals surface area contributed by atoms with E-state index in [2.05, 4.69) is 103 Å². The van der Waals surface area contributed by atoms with Crippen molar-refractivity contribution in [2.45, 2.75) is 36.9 Å². The minimum atomic E-state index is -2.74. The van der Waals surface area contributed by atoms with Crippen molar-refractivity contribution in [1.82, 2.24) is 0 Å². The van der Waals surface area contributed by atoms with Gasteiger partial charge in [0.25, 0.3) is 0 Å². The highest BCUT2D eigenvalue weighted by Gasteiger charge is 2.41. The fourth-order valence-corrected chi connectivity index (χ4v) is 1.43. The molecule has 0 aromatic rings. The van der Waals surface area contributed by atoms with E-state index in [1.165, 1.54) is 0 Å². The second-order valence-electron chi connectivity index (χ2n) is 9.40. The molecule has 0 aliphatic heterocycles. The third-order valence-corrected chi connectivity index (χ3v) is 2.57. The summed E-state index contributed by atoms with van der Waals surface area (Å²) in [4.78, 5) is 61.0. The third kappa shape index (κ3) is 312. The first-order chi connectivity index (χ1) is 28.9. The van der Waals surface area contributed by atoms with Gasteiger partial charge >= 0.3 is 43.1 Å². The molecule has 0 saturated heterocycles. The summed E-state index contributed by atoms with van der Waals surface area (Å²) < 4.78 is 0. The van der Waals surface area contributed by atoms with Crippen LogP contribution in [0.25, 0.3) is 0 Å². The van der Waals surface area contributed by atoms with E-state index in [9.17, 15) is 28.8 Å². The summed E-state index contributed by atoms with van der Waals surface area (Å²) in [6.45, 7) is 0.